The average molecular weight is 518 g/mol. The maximum absolute atomic E-state index is 5.51. The number of aliphatic imine (C=N–C) groups is 1. The van der Waals surface area contributed by atoms with Gasteiger partial charge in [0, 0.05) is 45.5 Å². The molecule has 0 amide bonds. The molecule has 0 atom stereocenters. The molecule has 0 radical (unpaired) electrons. The van der Waals surface area contributed by atoms with Crippen molar-refractivity contribution < 1.29 is 4.74 Å². The Morgan fingerprint density at radius 3 is 2.43 bits per heavy atom. The molecule has 2 aromatic carbocycles. The molecular formula is C24H31IN4O. The normalized spacial score (nSPS) is 17.2. The second kappa shape index (κ2) is 11.4. The van der Waals surface area contributed by atoms with E-state index in [4.69, 9.17) is 4.74 Å². The number of nitrogens with zero attached hydrogens (tertiary/aromatic N) is 3. The standard InChI is InChI=1S/C24H30N4O.HI/c1-25-24(28-13-11-21(12-14-28)20-7-3-2-4-8-20)26-19-22-9-5-6-10-23(22)27-15-17-29-18-16-27;/h2-11H,12-19H2,1H3,(H,25,26);1H. The van der Waals surface area contributed by atoms with Gasteiger partial charge in [0.15, 0.2) is 5.96 Å². The summed E-state index contributed by atoms with van der Waals surface area (Å²) in [5.41, 5.74) is 5.35. The van der Waals surface area contributed by atoms with Crippen LogP contribution in [0, 0.1) is 0 Å². The summed E-state index contributed by atoms with van der Waals surface area (Å²) in [5, 5.41) is 3.58. The lowest BCUT2D eigenvalue weighted by molar-refractivity contribution is 0.122. The fraction of sp³-hybridized carbons (Fsp3) is 0.375. The minimum absolute atomic E-state index is 0. The van der Waals surface area contributed by atoms with E-state index in [0.29, 0.717) is 0 Å². The third-order valence-electron chi connectivity index (χ3n) is 5.65. The number of ether oxygens (including phenoxy) is 1. The van der Waals surface area contributed by atoms with Crippen molar-refractivity contribution in [2.24, 2.45) is 4.99 Å². The van der Waals surface area contributed by atoms with Crippen LogP contribution in [0.15, 0.2) is 65.7 Å². The van der Waals surface area contributed by atoms with E-state index in [1.807, 2.05) is 7.05 Å². The van der Waals surface area contributed by atoms with E-state index in [1.54, 1.807) is 0 Å². The van der Waals surface area contributed by atoms with Crippen LogP contribution in [0.1, 0.15) is 17.5 Å². The van der Waals surface area contributed by atoms with Crippen LogP contribution >= 0.6 is 24.0 Å². The van der Waals surface area contributed by atoms with E-state index < -0.39 is 0 Å². The highest BCUT2D eigenvalue weighted by molar-refractivity contribution is 14.0. The molecule has 0 aliphatic carbocycles. The molecule has 2 aliphatic heterocycles. The third kappa shape index (κ3) is 5.55. The first-order valence-corrected chi connectivity index (χ1v) is 10.5. The molecule has 30 heavy (non-hydrogen) atoms. The number of hydrogen-bond donors (Lipinski definition) is 1. The zero-order chi connectivity index (χ0) is 19.9. The predicted molar refractivity (Wildman–Crippen MR) is 136 cm³/mol. The average Bonchev–Trinajstić information content (AvgIpc) is 2.81. The van der Waals surface area contributed by atoms with Gasteiger partial charge >= 0.3 is 0 Å². The van der Waals surface area contributed by atoms with E-state index in [9.17, 15) is 0 Å². The summed E-state index contributed by atoms with van der Waals surface area (Å²) in [4.78, 5) is 9.27. The number of benzene rings is 2. The van der Waals surface area contributed by atoms with Gasteiger partial charge in [-0.2, -0.15) is 0 Å². The number of anilines is 1. The van der Waals surface area contributed by atoms with Gasteiger partial charge in [0.05, 0.1) is 13.2 Å². The lowest BCUT2D eigenvalue weighted by Crippen LogP contribution is -2.43. The first-order chi connectivity index (χ1) is 14.3. The molecule has 0 spiro atoms. The highest BCUT2D eigenvalue weighted by Gasteiger charge is 2.18. The molecule has 6 heteroatoms. The number of nitrogens with one attached hydrogen (secondary N) is 1. The third-order valence-corrected chi connectivity index (χ3v) is 5.65. The van der Waals surface area contributed by atoms with Gasteiger partial charge in [0.2, 0.25) is 0 Å². The second-order valence-electron chi connectivity index (χ2n) is 7.42. The van der Waals surface area contributed by atoms with Gasteiger partial charge in [0.1, 0.15) is 0 Å². The summed E-state index contributed by atoms with van der Waals surface area (Å²) in [6.07, 6.45) is 3.36. The van der Waals surface area contributed by atoms with Crippen molar-refractivity contribution in [3.8, 4) is 0 Å². The van der Waals surface area contributed by atoms with Crippen molar-refractivity contribution >= 4 is 41.2 Å². The summed E-state index contributed by atoms with van der Waals surface area (Å²) < 4.78 is 5.51. The molecule has 2 heterocycles. The highest BCUT2D eigenvalue weighted by atomic mass is 127. The Bertz CT molecular complexity index is 863. The van der Waals surface area contributed by atoms with Crippen molar-refractivity contribution in [1.29, 1.82) is 0 Å². The zero-order valence-electron chi connectivity index (χ0n) is 17.6. The zero-order valence-corrected chi connectivity index (χ0v) is 19.9. The molecular weight excluding hydrogens is 487 g/mol. The second-order valence-corrected chi connectivity index (χ2v) is 7.42. The predicted octanol–water partition coefficient (Wildman–Crippen LogP) is 4.01. The molecule has 0 aromatic heterocycles. The maximum atomic E-state index is 5.51. The Labute approximate surface area is 196 Å². The number of halogens is 1. The Morgan fingerprint density at radius 2 is 1.73 bits per heavy atom. The Balaban J connectivity index is 0.00000256. The summed E-state index contributed by atoms with van der Waals surface area (Å²) >= 11 is 0. The van der Waals surface area contributed by atoms with Gasteiger partial charge in [-0.25, -0.2) is 0 Å². The molecule has 4 rings (SSSR count). The smallest absolute Gasteiger partial charge is 0.194 e. The van der Waals surface area contributed by atoms with Crippen molar-refractivity contribution in [2.75, 3.05) is 51.3 Å². The van der Waals surface area contributed by atoms with E-state index in [0.717, 1.165) is 58.3 Å². The topological polar surface area (TPSA) is 40.1 Å². The van der Waals surface area contributed by atoms with Crippen LogP contribution in [-0.2, 0) is 11.3 Å². The van der Waals surface area contributed by atoms with E-state index in [-0.39, 0.29) is 24.0 Å². The first-order valence-electron chi connectivity index (χ1n) is 10.5. The van der Waals surface area contributed by atoms with Crippen molar-refractivity contribution in [3.63, 3.8) is 0 Å². The van der Waals surface area contributed by atoms with Gasteiger partial charge < -0.3 is 19.9 Å². The lowest BCUT2D eigenvalue weighted by atomic mass is 10.00. The number of morpholine rings is 1. The van der Waals surface area contributed by atoms with E-state index in [1.165, 1.54) is 22.4 Å². The maximum Gasteiger partial charge on any atom is 0.194 e. The molecule has 1 fully saturated rings. The van der Waals surface area contributed by atoms with Crippen molar-refractivity contribution in [1.82, 2.24) is 10.2 Å². The van der Waals surface area contributed by atoms with Crippen LogP contribution in [0.25, 0.3) is 5.57 Å². The van der Waals surface area contributed by atoms with Gasteiger partial charge in [-0.15, -0.1) is 24.0 Å². The van der Waals surface area contributed by atoms with Crippen LogP contribution in [0.4, 0.5) is 5.69 Å². The van der Waals surface area contributed by atoms with Gasteiger partial charge in [0.25, 0.3) is 0 Å². The largest absolute Gasteiger partial charge is 0.378 e. The molecule has 160 valence electrons. The summed E-state index contributed by atoms with van der Waals surface area (Å²) in [7, 11) is 1.87. The molecule has 0 unspecified atom stereocenters. The van der Waals surface area contributed by atoms with Crippen molar-refractivity contribution in [2.45, 2.75) is 13.0 Å². The van der Waals surface area contributed by atoms with E-state index in [2.05, 4.69) is 80.8 Å². The first kappa shape index (κ1) is 22.6. The van der Waals surface area contributed by atoms with Crippen molar-refractivity contribution in [3.05, 3.63) is 71.8 Å². The molecule has 0 saturated carbocycles. The fourth-order valence-electron chi connectivity index (χ4n) is 4.06. The molecule has 0 bridgehead atoms. The SMILES string of the molecule is CN=C(NCc1ccccc1N1CCOCC1)N1CC=C(c2ccccc2)CC1.I. The molecule has 1 saturated heterocycles. The van der Waals surface area contributed by atoms with Crippen LogP contribution in [0.5, 0.6) is 0 Å². The quantitative estimate of drug-likeness (QED) is 0.378. The number of para-hydroxylation sites is 1. The summed E-state index contributed by atoms with van der Waals surface area (Å²) in [6, 6.07) is 19.3. The van der Waals surface area contributed by atoms with Crippen LogP contribution < -0.4 is 10.2 Å². The molecule has 5 nitrogen and oxygen atoms in total. The Kier molecular flexibility index (Phi) is 8.57. The molecule has 1 N–H and O–H groups in total. The fourth-order valence-corrected chi connectivity index (χ4v) is 4.06. The monoisotopic (exact) mass is 518 g/mol. The lowest BCUT2D eigenvalue weighted by Gasteiger charge is -2.32. The van der Waals surface area contributed by atoms with Crippen LogP contribution in [0.3, 0.4) is 0 Å². The summed E-state index contributed by atoms with van der Waals surface area (Å²) in [6.45, 7) is 6.13. The van der Waals surface area contributed by atoms with Crippen LogP contribution in [0.2, 0.25) is 0 Å². The Morgan fingerprint density at radius 1 is 1.00 bits per heavy atom. The Hall–Kier alpha value is -2.06. The number of rotatable bonds is 4. The van der Waals surface area contributed by atoms with Gasteiger partial charge in [-0.05, 0) is 29.2 Å². The molecule has 2 aliphatic rings. The van der Waals surface area contributed by atoms with E-state index >= 15 is 0 Å². The van der Waals surface area contributed by atoms with Gasteiger partial charge in [-0.3, -0.25) is 4.99 Å². The summed E-state index contributed by atoms with van der Waals surface area (Å²) in [5.74, 6) is 0.963. The minimum Gasteiger partial charge on any atom is -0.378 e. The number of guanidine groups is 1. The van der Waals surface area contributed by atoms with Gasteiger partial charge in [-0.1, -0.05) is 54.6 Å². The minimum atomic E-state index is 0. The van der Waals surface area contributed by atoms with Crippen LogP contribution in [-0.4, -0.2) is 57.3 Å². The number of hydrogen-bond acceptors (Lipinski definition) is 3. The molecule has 2 aromatic rings. The highest BCUT2D eigenvalue weighted by Crippen LogP contribution is 2.23.